The smallest absolute Gasteiger partial charge is 0.0547 e. The predicted molar refractivity (Wildman–Crippen MR) is 186 cm³/mol. The molecule has 2 nitrogen and oxygen atoms in total. The highest BCUT2D eigenvalue weighted by molar-refractivity contribution is 7.25. The van der Waals surface area contributed by atoms with Crippen molar-refractivity contribution in [3.8, 4) is 5.69 Å². The van der Waals surface area contributed by atoms with Crippen molar-refractivity contribution in [2.45, 2.75) is 0 Å². The van der Waals surface area contributed by atoms with E-state index < -0.39 is 0 Å². The maximum absolute atomic E-state index is 2.40. The average Bonchev–Trinajstić information content (AvgIpc) is 3.61. The molecule has 7 aromatic carbocycles. The van der Waals surface area contributed by atoms with Crippen LogP contribution < -0.4 is 4.90 Å². The highest BCUT2D eigenvalue weighted by Crippen LogP contribution is 2.41. The van der Waals surface area contributed by atoms with Gasteiger partial charge in [0.25, 0.3) is 0 Å². The Bertz CT molecular complexity index is 2450. The van der Waals surface area contributed by atoms with Crippen LogP contribution in [0.4, 0.5) is 17.1 Å². The van der Waals surface area contributed by atoms with Crippen LogP contribution in [0.25, 0.3) is 58.4 Å². The van der Waals surface area contributed by atoms with Crippen molar-refractivity contribution in [2.24, 2.45) is 0 Å². The fourth-order valence-corrected chi connectivity index (χ4v) is 7.79. The molecule has 0 N–H and O–H groups in total. The van der Waals surface area contributed by atoms with Gasteiger partial charge in [-0.3, -0.25) is 0 Å². The zero-order chi connectivity index (χ0) is 28.3. The summed E-state index contributed by atoms with van der Waals surface area (Å²) in [7, 11) is 0. The molecule has 202 valence electrons. The Hall–Kier alpha value is -5.38. The van der Waals surface area contributed by atoms with E-state index in [0.717, 1.165) is 22.7 Å². The third kappa shape index (κ3) is 3.79. The number of thiophene rings is 1. The number of hydrogen-bond donors (Lipinski definition) is 0. The summed E-state index contributed by atoms with van der Waals surface area (Å²) in [6, 6.07) is 57.1. The maximum atomic E-state index is 2.40. The Labute approximate surface area is 253 Å². The molecule has 0 amide bonds. The molecule has 0 saturated heterocycles. The average molecular weight is 567 g/mol. The number of para-hydroxylation sites is 2. The highest BCUT2D eigenvalue weighted by atomic mass is 32.1. The SMILES string of the molecule is c1ccc(N(c2ccc(-n3c4ccccc4c4c5ccccc5ccc43)cc2)c2ccc3c(c2)sc2ccccc23)cc1. The second kappa shape index (κ2) is 9.59. The van der Waals surface area contributed by atoms with Gasteiger partial charge in [-0.25, -0.2) is 0 Å². The zero-order valence-electron chi connectivity index (χ0n) is 23.3. The molecule has 9 rings (SSSR count). The lowest BCUT2D eigenvalue weighted by atomic mass is 10.0. The molecule has 0 saturated carbocycles. The van der Waals surface area contributed by atoms with Gasteiger partial charge < -0.3 is 9.47 Å². The minimum atomic E-state index is 1.13. The Balaban J connectivity index is 1.21. The third-order valence-corrected chi connectivity index (χ3v) is 9.70. The van der Waals surface area contributed by atoms with Gasteiger partial charge in [-0.2, -0.15) is 0 Å². The Morgan fingerprint density at radius 2 is 1.07 bits per heavy atom. The van der Waals surface area contributed by atoms with E-state index in [1.54, 1.807) is 0 Å². The second-order valence-corrected chi connectivity index (χ2v) is 12.1. The first kappa shape index (κ1) is 24.2. The number of hydrogen-bond acceptors (Lipinski definition) is 2. The van der Waals surface area contributed by atoms with E-state index in [0.29, 0.717) is 0 Å². The molecule has 0 unspecified atom stereocenters. The fraction of sp³-hybridized carbons (Fsp3) is 0. The van der Waals surface area contributed by atoms with E-state index in [2.05, 4.69) is 167 Å². The molecule has 0 spiro atoms. The van der Waals surface area contributed by atoms with Gasteiger partial charge in [-0.05, 0) is 77.5 Å². The van der Waals surface area contributed by atoms with Crippen LogP contribution in [0.3, 0.4) is 0 Å². The van der Waals surface area contributed by atoms with E-state index in [4.69, 9.17) is 0 Å². The first-order valence-corrected chi connectivity index (χ1v) is 15.4. The summed E-state index contributed by atoms with van der Waals surface area (Å²) in [6.45, 7) is 0. The molecule has 2 heterocycles. The number of fused-ring (bicyclic) bond motifs is 8. The molecule has 0 aliphatic rings. The molecule has 0 radical (unpaired) electrons. The molecule has 0 aliphatic carbocycles. The molecule has 0 atom stereocenters. The van der Waals surface area contributed by atoms with E-state index in [9.17, 15) is 0 Å². The lowest BCUT2D eigenvalue weighted by molar-refractivity contribution is 1.17. The summed E-state index contributed by atoms with van der Waals surface area (Å²) in [5.41, 5.74) is 7.01. The molecular weight excluding hydrogens is 541 g/mol. The Kier molecular flexibility index (Phi) is 5.40. The molecule has 9 aromatic rings. The molecule has 0 fully saturated rings. The summed E-state index contributed by atoms with van der Waals surface area (Å²) < 4.78 is 5.02. The summed E-state index contributed by atoms with van der Waals surface area (Å²) in [4.78, 5) is 2.35. The summed E-state index contributed by atoms with van der Waals surface area (Å²) in [5, 5.41) is 7.78. The van der Waals surface area contributed by atoms with Crippen molar-refractivity contribution >= 4 is 81.1 Å². The number of nitrogens with zero attached hydrogens (tertiary/aromatic N) is 2. The molecule has 2 aromatic heterocycles. The summed E-state index contributed by atoms with van der Waals surface area (Å²) >= 11 is 1.86. The summed E-state index contributed by atoms with van der Waals surface area (Å²) in [5.74, 6) is 0. The number of anilines is 3. The van der Waals surface area contributed by atoms with E-state index >= 15 is 0 Å². The van der Waals surface area contributed by atoms with Crippen LogP contribution >= 0.6 is 11.3 Å². The molecule has 3 heteroatoms. The van der Waals surface area contributed by atoms with Crippen molar-refractivity contribution < 1.29 is 0 Å². The van der Waals surface area contributed by atoms with Crippen molar-refractivity contribution in [1.29, 1.82) is 0 Å². The second-order valence-electron chi connectivity index (χ2n) is 11.0. The standard InChI is InChI=1S/C40H26N2S/c1-2-11-28(12-3-1)41(31-23-24-34-33-14-7-9-17-38(33)43-39(34)26-31)29-19-21-30(22-20-29)42-36-16-8-6-15-35(36)40-32-13-5-4-10-27(32)18-25-37(40)42/h1-26H. The maximum Gasteiger partial charge on any atom is 0.0547 e. The van der Waals surface area contributed by atoms with Gasteiger partial charge in [0.05, 0.1) is 11.0 Å². The number of benzene rings is 7. The largest absolute Gasteiger partial charge is 0.310 e. The van der Waals surface area contributed by atoms with E-state index in [-0.39, 0.29) is 0 Å². The van der Waals surface area contributed by atoms with Gasteiger partial charge >= 0.3 is 0 Å². The molecule has 43 heavy (non-hydrogen) atoms. The highest BCUT2D eigenvalue weighted by Gasteiger charge is 2.17. The van der Waals surface area contributed by atoms with Crippen LogP contribution in [0, 0.1) is 0 Å². The Morgan fingerprint density at radius 3 is 1.93 bits per heavy atom. The molecule has 0 bridgehead atoms. The van der Waals surface area contributed by atoms with E-state index in [1.165, 1.54) is 52.8 Å². The Morgan fingerprint density at radius 1 is 0.419 bits per heavy atom. The third-order valence-electron chi connectivity index (χ3n) is 8.56. The van der Waals surface area contributed by atoms with Gasteiger partial charge in [0.2, 0.25) is 0 Å². The lowest BCUT2D eigenvalue weighted by Gasteiger charge is -2.26. The van der Waals surface area contributed by atoms with Gasteiger partial charge in [0, 0.05) is 53.7 Å². The van der Waals surface area contributed by atoms with Crippen molar-refractivity contribution in [1.82, 2.24) is 4.57 Å². The van der Waals surface area contributed by atoms with Crippen LogP contribution in [0.1, 0.15) is 0 Å². The van der Waals surface area contributed by atoms with Crippen molar-refractivity contribution in [2.75, 3.05) is 4.90 Å². The summed E-state index contributed by atoms with van der Waals surface area (Å²) in [6.07, 6.45) is 0. The first-order valence-electron chi connectivity index (χ1n) is 14.6. The normalized spacial score (nSPS) is 11.7. The van der Waals surface area contributed by atoms with Gasteiger partial charge in [-0.1, -0.05) is 91.0 Å². The number of aromatic nitrogens is 1. The minimum Gasteiger partial charge on any atom is -0.310 e. The number of rotatable bonds is 4. The van der Waals surface area contributed by atoms with E-state index in [1.807, 2.05) is 11.3 Å². The van der Waals surface area contributed by atoms with Crippen LogP contribution in [0.15, 0.2) is 158 Å². The first-order chi connectivity index (χ1) is 21.3. The fourth-order valence-electron chi connectivity index (χ4n) is 6.65. The van der Waals surface area contributed by atoms with Crippen molar-refractivity contribution in [3.05, 3.63) is 158 Å². The molecule has 0 aliphatic heterocycles. The van der Waals surface area contributed by atoms with Gasteiger partial charge in [-0.15, -0.1) is 11.3 Å². The van der Waals surface area contributed by atoms with Gasteiger partial charge in [0.1, 0.15) is 0 Å². The monoisotopic (exact) mass is 566 g/mol. The van der Waals surface area contributed by atoms with Crippen LogP contribution in [-0.2, 0) is 0 Å². The minimum absolute atomic E-state index is 1.13. The quantitative estimate of drug-likeness (QED) is 0.206. The van der Waals surface area contributed by atoms with Crippen LogP contribution in [-0.4, -0.2) is 4.57 Å². The molecular formula is C40H26N2S. The zero-order valence-corrected chi connectivity index (χ0v) is 24.1. The van der Waals surface area contributed by atoms with Crippen LogP contribution in [0.5, 0.6) is 0 Å². The lowest BCUT2D eigenvalue weighted by Crippen LogP contribution is -2.09. The van der Waals surface area contributed by atoms with Gasteiger partial charge in [0.15, 0.2) is 0 Å². The topological polar surface area (TPSA) is 8.17 Å². The van der Waals surface area contributed by atoms with Crippen molar-refractivity contribution in [3.63, 3.8) is 0 Å². The predicted octanol–water partition coefficient (Wildman–Crippen LogP) is 11.8. The van der Waals surface area contributed by atoms with Crippen LogP contribution in [0.2, 0.25) is 0 Å².